The Morgan fingerprint density at radius 3 is 2.52 bits per heavy atom. The van der Waals surface area contributed by atoms with E-state index >= 15 is 0 Å². The molecule has 212 valence electrons. The van der Waals surface area contributed by atoms with Gasteiger partial charge in [-0.15, -0.1) is 0 Å². The molecule has 1 N–H and O–H groups in total. The zero-order valence-corrected chi connectivity index (χ0v) is 23.3. The molecule has 0 bridgehead atoms. The molecule has 1 amide bonds. The minimum atomic E-state index is -0.862. The summed E-state index contributed by atoms with van der Waals surface area (Å²) in [6.45, 7) is 2.47. The quantitative estimate of drug-likeness (QED) is 0.169. The number of pyridine rings is 1. The highest BCUT2D eigenvalue weighted by Gasteiger charge is 2.46. The highest BCUT2D eigenvalue weighted by atomic mass is 16.5. The Bertz CT molecular complexity index is 1670. The van der Waals surface area contributed by atoms with E-state index in [0.717, 1.165) is 22.4 Å². The van der Waals surface area contributed by atoms with E-state index in [4.69, 9.17) is 14.2 Å². The normalized spacial score (nSPS) is 19.0. The molecule has 2 aliphatic heterocycles. The summed E-state index contributed by atoms with van der Waals surface area (Å²) >= 11 is 0. The van der Waals surface area contributed by atoms with Gasteiger partial charge in [0.05, 0.1) is 18.7 Å². The predicted octanol–water partition coefficient (Wildman–Crippen LogP) is 5.61. The molecule has 42 heavy (non-hydrogen) atoms. The van der Waals surface area contributed by atoms with Gasteiger partial charge in [0, 0.05) is 30.9 Å². The van der Waals surface area contributed by atoms with Crippen LogP contribution in [0, 0.1) is 0 Å². The van der Waals surface area contributed by atoms with E-state index in [1.807, 2.05) is 43.3 Å². The monoisotopic (exact) mass is 562 g/mol. The first kappa shape index (κ1) is 27.1. The van der Waals surface area contributed by atoms with Gasteiger partial charge in [0.2, 0.25) is 0 Å². The molecule has 0 aliphatic carbocycles. The summed E-state index contributed by atoms with van der Waals surface area (Å²) in [5.74, 6) is 0.0382. The lowest BCUT2D eigenvalue weighted by molar-refractivity contribution is -0.140. The van der Waals surface area contributed by atoms with Crippen molar-refractivity contribution in [1.29, 1.82) is 0 Å². The van der Waals surface area contributed by atoms with Crippen molar-refractivity contribution in [3.05, 3.63) is 125 Å². The lowest BCUT2D eigenvalue weighted by Crippen LogP contribution is -2.29. The Balaban J connectivity index is 1.41. The number of benzene rings is 3. The third-order valence-electron chi connectivity index (χ3n) is 7.55. The van der Waals surface area contributed by atoms with E-state index in [-0.39, 0.29) is 24.0 Å². The smallest absolute Gasteiger partial charge is 0.295 e. The molecular formula is C34H30N2O6. The van der Waals surface area contributed by atoms with Crippen LogP contribution in [-0.2, 0) is 29.2 Å². The van der Waals surface area contributed by atoms with Crippen LogP contribution in [0.3, 0.4) is 0 Å². The lowest BCUT2D eigenvalue weighted by Gasteiger charge is -2.26. The third kappa shape index (κ3) is 5.19. The number of likely N-dealkylation sites (tertiary alicyclic amines) is 1. The molecule has 2 aliphatic rings. The van der Waals surface area contributed by atoms with E-state index < -0.39 is 17.7 Å². The molecule has 1 fully saturated rings. The van der Waals surface area contributed by atoms with Gasteiger partial charge in [0.15, 0.2) is 11.5 Å². The Kier molecular flexibility index (Phi) is 7.35. The zero-order chi connectivity index (χ0) is 29.2. The number of carbonyl (C=O) groups is 2. The Hall–Kier alpha value is -5.11. The summed E-state index contributed by atoms with van der Waals surface area (Å²) in [4.78, 5) is 32.6. The Labute approximate surface area is 243 Å². The van der Waals surface area contributed by atoms with Crippen LogP contribution in [0.4, 0.5) is 0 Å². The predicted molar refractivity (Wildman–Crippen MR) is 156 cm³/mol. The molecular weight excluding hydrogens is 532 g/mol. The third-order valence-corrected chi connectivity index (χ3v) is 7.55. The van der Waals surface area contributed by atoms with Gasteiger partial charge in [0.25, 0.3) is 11.7 Å². The van der Waals surface area contributed by atoms with Crippen molar-refractivity contribution in [2.75, 3.05) is 7.11 Å². The highest BCUT2D eigenvalue weighted by molar-refractivity contribution is 6.46. The molecule has 8 nitrogen and oxygen atoms in total. The lowest BCUT2D eigenvalue weighted by atomic mass is 9.94. The number of methoxy groups -OCH3 is 1. The molecule has 3 heterocycles. The van der Waals surface area contributed by atoms with Gasteiger partial charge in [0.1, 0.15) is 24.2 Å². The van der Waals surface area contributed by atoms with Gasteiger partial charge in [-0.25, -0.2) is 0 Å². The van der Waals surface area contributed by atoms with Crippen molar-refractivity contribution in [2.45, 2.75) is 38.6 Å². The van der Waals surface area contributed by atoms with Crippen LogP contribution in [0.25, 0.3) is 5.76 Å². The fourth-order valence-electron chi connectivity index (χ4n) is 5.51. The second-order valence-electron chi connectivity index (χ2n) is 10.4. The van der Waals surface area contributed by atoms with Gasteiger partial charge >= 0.3 is 0 Å². The average Bonchev–Trinajstić information content (AvgIpc) is 3.51. The minimum Gasteiger partial charge on any atom is -0.507 e. The number of aliphatic hydroxyl groups is 1. The van der Waals surface area contributed by atoms with E-state index in [1.54, 1.807) is 54.9 Å². The summed E-state index contributed by atoms with van der Waals surface area (Å²) < 4.78 is 17.5. The largest absolute Gasteiger partial charge is 0.507 e. The molecule has 0 saturated carbocycles. The first-order valence-electron chi connectivity index (χ1n) is 13.7. The Morgan fingerprint density at radius 2 is 1.76 bits per heavy atom. The van der Waals surface area contributed by atoms with E-state index in [1.165, 1.54) is 12.0 Å². The van der Waals surface area contributed by atoms with Crippen molar-refractivity contribution in [2.24, 2.45) is 0 Å². The van der Waals surface area contributed by atoms with Crippen molar-refractivity contribution < 1.29 is 28.9 Å². The fourth-order valence-corrected chi connectivity index (χ4v) is 5.51. The van der Waals surface area contributed by atoms with Crippen LogP contribution in [0.15, 0.2) is 96.8 Å². The molecule has 4 aromatic rings. The van der Waals surface area contributed by atoms with Crippen LogP contribution < -0.4 is 14.2 Å². The first-order valence-corrected chi connectivity index (χ1v) is 13.7. The van der Waals surface area contributed by atoms with Crippen molar-refractivity contribution >= 4 is 17.4 Å². The van der Waals surface area contributed by atoms with Gasteiger partial charge in [-0.3, -0.25) is 14.6 Å². The number of Topliss-reactive ketones (excluding diaryl/α,β-unsaturated/α-hetero) is 1. The van der Waals surface area contributed by atoms with Crippen LogP contribution in [0.1, 0.15) is 40.8 Å². The maximum absolute atomic E-state index is 13.6. The summed E-state index contributed by atoms with van der Waals surface area (Å²) in [5.41, 5.74) is 3.82. The molecule has 1 saturated heterocycles. The van der Waals surface area contributed by atoms with Crippen LogP contribution in [-0.4, -0.2) is 39.9 Å². The topological polar surface area (TPSA) is 98.2 Å². The number of ether oxygens (including phenoxy) is 3. The van der Waals surface area contributed by atoms with E-state index in [2.05, 4.69) is 4.98 Å². The Morgan fingerprint density at radius 1 is 0.976 bits per heavy atom. The number of ketones is 1. The number of carbonyl (C=O) groups excluding carboxylic acids is 2. The standard InChI is InChI=1S/C34H30N2O6/c1-21-16-26-17-25(9-10-27(26)42-21)32(37)30-31(36(34(39)33(30)38)19-22-12-14-35-15-13-22)24-8-11-28(29(18-24)40-2)41-20-23-6-4-3-5-7-23/h3-15,17-18,21,31,37H,16,19-20H2,1-2H3. The van der Waals surface area contributed by atoms with Crippen molar-refractivity contribution in [1.82, 2.24) is 9.88 Å². The summed E-state index contributed by atoms with van der Waals surface area (Å²) in [5, 5.41) is 11.6. The molecule has 2 atom stereocenters. The summed E-state index contributed by atoms with van der Waals surface area (Å²) in [7, 11) is 1.54. The van der Waals surface area contributed by atoms with Gasteiger partial charge in [-0.2, -0.15) is 0 Å². The maximum Gasteiger partial charge on any atom is 0.295 e. The zero-order valence-electron chi connectivity index (χ0n) is 23.3. The van der Waals surface area contributed by atoms with Crippen LogP contribution >= 0.6 is 0 Å². The molecule has 1 aromatic heterocycles. The second kappa shape index (κ2) is 11.4. The maximum atomic E-state index is 13.6. The number of rotatable bonds is 8. The van der Waals surface area contributed by atoms with Gasteiger partial charge in [-0.05, 0) is 71.6 Å². The van der Waals surface area contributed by atoms with Crippen molar-refractivity contribution in [3.63, 3.8) is 0 Å². The fraction of sp³-hybridized carbons (Fsp3) is 0.206. The molecule has 3 aromatic carbocycles. The molecule has 0 radical (unpaired) electrons. The number of fused-ring (bicyclic) bond motifs is 1. The second-order valence-corrected chi connectivity index (χ2v) is 10.4. The number of nitrogens with zero attached hydrogens (tertiary/aromatic N) is 2. The number of hydrogen-bond acceptors (Lipinski definition) is 7. The molecule has 0 spiro atoms. The summed E-state index contributed by atoms with van der Waals surface area (Å²) in [6.07, 6.45) is 3.99. The molecule has 2 unspecified atom stereocenters. The summed E-state index contributed by atoms with van der Waals surface area (Å²) in [6, 6.07) is 23.1. The van der Waals surface area contributed by atoms with E-state index in [9.17, 15) is 14.7 Å². The van der Waals surface area contributed by atoms with Crippen LogP contribution in [0.5, 0.6) is 17.2 Å². The van der Waals surface area contributed by atoms with Crippen molar-refractivity contribution in [3.8, 4) is 17.2 Å². The number of hydrogen-bond donors (Lipinski definition) is 1. The number of aliphatic hydroxyl groups excluding tert-OH is 1. The number of aromatic nitrogens is 1. The minimum absolute atomic E-state index is 0.0148. The number of amides is 1. The first-order chi connectivity index (χ1) is 20.4. The highest BCUT2D eigenvalue weighted by Crippen LogP contribution is 2.43. The average molecular weight is 563 g/mol. The van der Waals surface area contributed by atoms with E-state index in [0.29, 0.717) is 35.7 Å². The van der Waals surface area contributed by atoms with Crippen LogP contribution in [0.2, 0.25) is 0 Å². The van der Waals surface area contributed by atoms with Gasteiger partial charge < -0.3 is 24.2 Å². The van der Waals surface area contributed by atoms with Gasteiger partial charge in [-0.1, -0.05) is 36.4 Å². The molecule has 6 rings (SSSR count). The molecule has 8 heteroatoms. The SMILES string of the molecule is COc1cc(C2C(=C(O)c3ccc4c(c3)CC(C)O4)C(=O)C(=O)N2Cc2ccncc2)ccc1OCc1ccccc1.